The summed E-state index contributed by atoms with van der Waals surface area (Å²) in [6.45, 7) is 2.95. The second-order valence-corrected chi connectivity index (χ2v) is 8.28. The van der Waals surface area contributed by atoms with Crippen molar-refractivity contribution in [2.75, 3.05) is 32.7 Å². The van der Waals surface area contributed by atoms with Crippen molar-refractivity contribution in [2.45, 2.75) is 17.9 Å². The van der Waals surface area contributed by atoms with E-state index in [4.69, 9.17) is 0 Å². The summed E-state index contributed by atoms with van der Waals surface area (Å²) in [5.74, 6) is -0.323. The highest BCUT2D eigenvalue weighted by atomic mass is 32.1. The lowest BCUT2D eigenvalue weighted by molar-refractivity contribution is -0.137. The van der Waals surface area contributed by atoms with E-state index in [-0.39, 0.29) is 30.1 Å². The summed E-state index contributed by atoms with van der Waals surface area (Å²) in [6, 6.07) is 17.1. The summed E-state index contributed by atoms with van der Waals surface area (Å²) >= 11 is 4.37. The van der Waals surface area contributed by atoms with E-state index in [1.54, 1.807) is 26.8 Å². The summed E-state index contributed by atoms with van der Waals surface area (Å²) < 4.78 is 0. The minimum absolute atomic E-state index is 0.0145. The first kappa shape index (κ1) is 20.5. The Morgan fingerprint density at radius 3 is 2.23 bits per heavy atom. The molecule has 0 N–H and O–H groups in total. The fourth-order valence-electron chi connectivity index (χ4n) is 4.11. The largest absolute Gasteiger partial charge is 0.339 e. The molecule has 2 heterocycles. The molecule has 2 aliphatic heterocycles. The predicted octanol–water partition coefficient (Wildman–Crippen LogP) is 2.31. The zero-order valence-corrected chi connectivity index (χ0v) is 17.6. The fourth-order valence-corrected chi connectivity index (χ4v) is 4.36. The van der Waals surface area contributed by atoms with Crippen LogP contribution < -0.4 is 0 Å². The molecule has 2 aliphatic rings. The fraction of sp³-hybridized carbons (Fsp3) is 0.348. The van der Waals surface area contributed by atoms with Gasteiger partial charge in [0.1, 0.15) is 0 Å². The number of nitrogens with zero attached hydrogens (tertiary/aromatic N) is 3. The maximum absolute atomic E-state index is 13.0. The van der Waals surface area contributed by atoms with Crippen LogP contribution in [0.3, 0.4) is 0 Å². The van der Waals surface area contributed by atoms with Crippen LogP contribution in [0.2, 0.25) is 0 Å². The Morgan fingerprint density at radius 1 is 0.900 bits per heavy atom. The molecule has 2 aromatic carbocycles. The van der Waals surface area contributed by atoms with E-state index in [1.165, 1.54) is 0 Å². The van der Waals surface area contributed by atoms with Crippen molar-refractivity contribution in [1.82, 2.24) is 14.7 Å². The molecule has 0 spiro atoms. The number of piperazine rings is 1. The van der Waals surface area contributed by atoms with Gasteiger partial charge >= 0.3 is 0 Å². The topological polar surface area (TPSA) is 60.9 Å². The molecule has 4 rings (SSSR count). The lowest BCUT2D eigenvalue weighted by atomic mass is 10.1. The van der Waals surface area contributed by atoms with E-state index < -0.39 is 0 Å². The van der Waals surface area contributed by atoms with Crippen molar-refractivity contribution in [3.63, 3.8) is 0 Å². The molecule has 2 saturated heterocycles. The predicted molar refractivity (Wildman–Crippen MR) is 116 cm³/mol. The zero-order chi connectivity index (χ0) is 21.1. The van der Waals surface area contributed by atoms with Gasteiger partial charge in [0.15, 0.2) is 0 Å². The van der Waals surface area contributed by atoms with Gasteiger partial charge in [-0.15, -0.1) is 12.6 Å². The number of thiol groups is 1. The van der Waals surface area contributed by atoms with Crippen molar-refractivity contribution >= 4 is 30.4 Å². The number of carbonyl (C=O) groups excluding carboxylic acids is 3. The average Bonchev–Trinajstić information content (AvgIpc) is 3.14. The van der Waals surface area contributed by atoms with Crippen LogP contribution >= 0.6 is 12.6 Å². The molecule has 30 heavy (non-hydrogen) atoms. The van der Waals surface area contributed by atoms with Crippen LogP contribution in [0, 0.1) is 5.92 Å². The Balaban J connectivity index is 1.32. The molecule has 0 aliphatic carbocycles. The van der Waals surface area contributed by atoms with Crippen LogP contribution in [-0.4, -0.2) is 65.1 Å². The molecular weight excluding hydrogens is 398 g/mol. The molecular formula is C23H25N3O3S. The molecule has 0 radical (unpaired) electrons. The smallest absolute Gasteiger partial charge is 0.255 e. The number of amides is 3. The van der Waals surface area contributed by atoms with Gasteiger partial charge in [0, 0.05) is 50.6 Å². The van der Waals surface area contributed by atoms with Gasteiger partial charge in [-0.05, 0) is 17.7 Å². The first-order valence-electron chi connectivity index (χ1n) is 10.2. The summed E-state index contributed by atoms with van der Waals surface area (Å²) in [5, 5.41) is 0. The van der Waals surface area contributed by atoms with Gasteiger partial charge in [-0.3, -0.25) is 14.4 Å². The van der Waals surface area contributed by atoms with Gasteiger partial charge in [0.25, 0.3) is 5.91 Å². The highest BCUT2D eigenvalue weighted by Gasteiger charge is 2.37. The zero-order valence-electron chi connectivity index (χ0n) is 16.7. The maximum Gasteiger partial charge on any atom is 0.255 e. The second kappa shape index (κ2) is 8.92. The Kier molecular flexibility index (Phi) is 6.08. The Labute approximate surface area is 181 Å². The molecule has 7 heteroatoms. The minimum Gasteiger partial charge on any atom is -0.339 e. The third-order valence-electron chi connectivity index (χ3n) is 5.79. The van der Waals surface area contributed by atoms with Crippen LogP contribution in [0.5, 0.6) is 0 Å². The van der Waals surface area contributed by atoms with E-state index in [9.17, 15) is 14.4 Å². The maximum atomic E-state index is 13.0. The molecule has 2 fully saturated rings. The van der Waals surface area contributed by atoms with Crippen molar-refractivity contribution in [3.05, 3.63) is 65.7 Å². The number of likely N-dealkylation sites (tertiary alicyclic amines) is 1. The highest BCUT2D eigenvalue weighted by Crippen LogP contribution is 2.23. The Hall–Kier alpha value is -2.80. The van der Waals surface area contributed by atoms with Crippen LogP contribution in [0.25, 0.3) is 0 Å². The molecule has 1 unspecified atom stereocenters. The summed E-state index contributed by atoms with van der Waals surface area (Å²) in [5.41, 5.74) is 1.65. The lowest BCUT2D eigenvalue weighted by Crippen LogP contribution is -2.52. The summed E-state index contributed by atoms with van der Waals surface area (Å²) in [4.78, 5) is 44.1. The van der Waals surface area contributed by atoms with E-state index in [0.29, 0.717) is 49.7 Å². The van der Waals surface area contributed by atoms with Gasteiger partial charge < -0.3 is 14.7 Å². The van der Waals surface area contributed by atoms with Gasteiger partial charge in [-0.2, -0.15) is 0 Å². The Bertz CT molecular complexity index is 942. The normalized spacial score (nSPS) is 19.3. The van der Waals surface area contributed by atoms with Gasteiger partial charge in [0.2, 0.25) is 11.8 Å². The van der Waals surface area contributed by atoms with E-state index in [0.717, 1.165) is 5.56 Å². The standard InChI is InChI=1S/C23H25N3O3S/c27-21-14-18(16-26(21)15-17-6-2-1-3-7-17)22(28)24-10-12-25(13-11-24)23(29)19-8-4-5-9-20(19)30/h1-9,18,30H,10-16H2. The molecule has 2 aromatic rings. The molecule has 3 amide bonds. The van der Waals surface area contributed by atoms with Gasteiger partial charge in [0.05, 0.1) is 11.5 Å². The number of carbonyl (C=O) groups is 3. The molecule has 1 atom stereocenters. The van der Waals surface area contributed by atoms with Crippen LogP contribution in [0.15, 0.2) is 59.5 Å². The lowest BCUT2D eigenvalue weighted by Gasteiger charge is -2.36. The van der Waals surface area contributed by atoms with E-state index in [1.807, 2.05) is 42.5 Å². The molecule has 156 valence electrons. The first-order valence-corrected chi connectivity index (χ1v) is 10.7. The Morgan fingerprint density at radius 2 is 1.53 bits per heavy atom. The first-order chi connectivity index (χ1) is 14.5. The van der Waals surface area contributed by atoms with Crippen LogP contribution in [0.4, 0.5) is 0 Å². The van der Waals surface area contributed by atoms with Crippen molar-refractivity contribution < 1.29 is 14.4 Å². The van der Waals surface area contributed by atoms with Crippen LogP contribution in [0.1, 0.15) is 22.3 Å². The number of hydrogen-bond acceptors (Lipinski definition) is 4. The van der Waals surface area contributed by atoms with E-state index >= 15 is 0 Å². The average molecular weight is 424 g/mol. The number of hydrogen-bond donors (Lipinski definition) is 1. The van der Waals surface area contributed by atoms with Crippen molar-refractivity contribution in [1.29, 1.82) is 0 Å². The third kappa shape index (κ3) is 4.36. The van der Waals surface area contributed by atoms with Gasteiger partial charge in [-0.25, -0.2) is 0 Å². The molecule has 0 aromatic heterocycles. The van der Waals surface area contributed by atoms with Gasteiger partial charge in [-0.1, -0.05) is 42.5 Å². The molecule has 6 nitrogen and oxygen atoms in total. The van der Waals surface area contributed by atoms with E-state index in [2.05, 4.69) is 12.6 Å². The van der Waals surface area contributed by atoms with Crippen molar-refractivity contribution in [2.24, 2.45) is 5.92 Å². The minimum atomic E-state index is -0.304. The molecule has 0 saturated carbocycles. The summed E-state index contributed by atoms with van der Waals surface area (Å²) in [7, 11) is 0. The quantitative estimate of drug-likeness (QED) is 0.768. The monoisotopic (exact) mass is 423 g/mol. The SMILES string of the molecule is O=C1CC(C(=O)N2CCN(C(=O)c3ccccc3S)CC2)CN1Cc1ccccc1. The van der Waals surface area contributed by atoms with Crippen molar-refractivity contribution in [3.8, 4) is 0 Å². The second-order valence-electron chi connectivity index (χ2n) is 7.80. The van der Waals surface area contributed by atoms with Crippen LogP contribution in [-0.2, 0) is 16.1 Å². The number of benzene rings is 2. The highest BCUT2D eigenvalue weighted by molar-refractivity contribution is 7.80. The third-order valence-corrected chi connectivity index (χ3v) is 6.18. The summed E-state index contributed by atoms with van der Waals surface area (Å²) in [6.07, 6.45) is 0.262. The number of rotatable bonds is 4. The molecule has 0 bridgehead atoms.